The number of amides is 1. The molecule has 0 bridgehead atoms. The number of pyridine rings is 1. The van der Waals surface area contributed by atoms with Gasteiger partial charge in [-0.2, -0.15) is 5.10 Å². The second kappa shape index (κ2) is 10.1. The fraction of sp³-hybridized carbons (Fsp3) is 0.179. The van der Waals surface area contributed by atoms with Crippen molar-refractivity contribution in [3.63, 3.8) is 0 Å². The minimum Gasteiger partial charge on any atom is -0.469 e. The van der Waals surface area contributed by atoms with Crippen LogP contribution in [0.2, 0.25) is 0 Å². The quantitative estimate of drug-likeness (QED) is 0.332. The van der Waals surface area contributed by atoms with Gasteiger partial charge < -0.3 is 10.1 Å². The molecule has 0 atom stereocenters. The van der Waals surface area contributed by atoms with Crippen LogP contribution in [0.5, 0.6) is 0 Å². The van der Waals surface area contributed by atoms with Gasteiger partial charge in [0.25, 0.3) is 5.91 Å². The average Bonchev–Trinajstić information content (AvgIpc) is 3.48. The zero-order valence-corrected chi connectivity index (χ0v) is 20.8. The first-order chi connectivity index (χ1) is 17.9. The van der Waals surface area contributed by atoms with Gasteiger partial charge in [-0.1, -0.05) is 12.1 Å². The molecule has 1 amide bonds. The molecule has 9 heteroatoms. The topological polar surface area (TPSA) is 104 Å². The number of anilines is 1. The number of imidazole rings is 1. The van der Waals surface area contributed by atoms with Crippen molar-refractivity contribution in [3.8, 4) is 11.5 Å². The Bertz CT molecular complexity index is 1580. The highest BCUT2D eigenvalue weighted by Crippen LogP contribution is 2.21. The lowest BCUT2D eigenvalue weighted by molar-refractivity contribution is -0.140. The van der Waals surface area contributed by atoms with Crippen molar-refractivity contribution in [2.75, 3.05) is 12.4 Å². The molecule has 5 aromatic rings. The molecule has 1 N–H and O–H groups in total. The number of ether oxygens (including phenoxy) is 1. The lowest BCUT2D eigenvalue weighted by Crippen LogP contribution is -2.12. The molecule has 9 nitrogen and oxygen atoms in total. The molecule has 0 spiro atoms. The Kier molecular flexibility index (Phi) is 6.51. The maximum atomic E-state index is 12.8. The summed E-state index contributed by atoms with van der Waals surface area (Å²) in [7, 11) is 1.39. The molecule has 5 rings (SSSR count). The molecule has 186 valence electrons. The molecular formula is C28H26N6O3. The number of carbonyl (C=O) groups is 2. The van der Waals surface area contributed by atoms with Gasteiger partial charge in [-0.25, -0.2) is 14.6 Å². The van der Waals surface area contributed by atoms with Crippen LogP contribution in [0.1, 0.15) is 33.7 Å². The van der Waals surface area contributed by atoms with E-state index < -0.39 is 0 Å². The Labute approximate surface area is 213 Å². The summed E-state index contributed by atoms with van der Waals surface area (Å²) < 4.78 is 8.48. The second-order valence-corrected chi connectivity index (χ2v) is 8.65. The summed E-state index contributed by atoms with van der Waals surface area (Å²) in [5.41, 5.74) is 6.63. The molecule has 0 aliphatic carbocycles. The molecule has 2 aromatic carbocycles. The minimum atomic E-state index is -0.248. The van der Waals surface area contributed by atoms with Gasteiger partial charge in [0.1, 0.15) is 12.1 Å². The highest BCUT2D eigenvalue weighted by molar-refractivity contribution is 6.04. The van der Waals surface area contributed by atoms with Gasteiger partial charge in [0.2, 0.25) is 0 Å². The molecular weight excluding hydrogens is 468 g/mol. The van der Waals surface area contributed by atoms with Gasteiger partial charge in [0.05, 0.1) is 41.4 Å². The van der Waals surface area contributed by atoms with Crippen LogP contribution >= 0.6 is 0 Å². The van der Waals surface area contributed by atoms with Gasteiger partial charge >= 0.3 is 5.97 Å². The number of carbonyl (C=O) groups excluding carboxylic acids is 2. The number of methoxy groups -OCH3 is 1. The van der Waals surface area contributed by atoms with Crippen LogP contribution in [0.3, 0.4) is 0 Å². The Morgan fingerprint density at radius 2 is 1.76 bits per heavy atom. The predicted octanol–water partition coefficient (Wildman–Crippen LogP) is 4.58. The van der Waals surface area contributed by atoms with Gasteiger partial charge in [-0.15, -0.1) is 0 Å². The van der Waals surface area contributed by atoms with Gasteiger partial charge in [-0.3, -0.25) is 14.2 Å². The summed E-state index contributed by atoms with van der Waals surface area (Å²) in [6.07, 6.45) is 4.23. The first-order valence-corrected chi connectivity index (χ1v) is 11.9. The normalized spacial score (nSPS) is 11.0. The average molecular weight is 495 g/mol. The van der Waals surface area contributed by atoms with Crippen molar-refractivity contribution < 1.29 is 14.3 Å². The summed E-state index contributed by atoms with van der Waals surface area (Å²) in [4.78, 5) is 33.3. The predicted molar refractivity (Wildman–Crippen MR) is 140 cm³/mol. The van der Waals surface area contributed by atoms with Gasteiger partial charge in [0, 0.05) is 17.7 Å². The van der Waals surface area contributed by atoms with E-state index in [1.807, 2.05) is 71.6 Å². The maximum absolute atomic E-state index is 12.8. The molecule has 0 aliphatic rings. The van der Waals surface area contributed by atoms with Crippen LogP contribution in [0.15, 0.2) is 73.2 Å². The summed E-state index contributed by atoms with van der Waals surface area (Å²) in [6, 6.07) is 18.7. The molecule has 0 aliphatic heterocycles. The van der Waals surface area contributed by atoms with Crippen molar-refractivity contribution in [2.24, 2.45) is 0 Å². The van der Waals surface area contributed by atoms with Crippen molar-refractivity contribution in [1.29, 1.82) is 0 Å². The van der Waals surface area contributed by atoms with Crippen LogP contribution in [-0.4, -0.2) is 43.3 Å². The monoisotopic (exact) mass is 494 g/mol. The third-order valence-corrected chi connectivity index (χ3v) is 6.33. The zero-order valence-electron chi connectivity index (χ0n) is 20.8. The number of para-hydroxylation sites is 2. The Morgan fingerprint density at radius 1 is 0.973 bits per heavy atom. The Morgan fingerprint density at radius 3 is 2.49 bits per heavy atom. The third kappa shape index (κ3) is 4.84. The van der Waals surface area contributed by atoms with E-state index in [-0.39, 0.29) is 11.9 Å². The Hall–Kier alpha value is -4.79. The fourth-order valence-electron chi connectivity index (χ4n) is 4.32. The van der Waals surface area contributed by atoms with Gasteiger partial charge in [0.15, 0.2) is 0 Å². The number of nitrogens with zero attached hydrogens (tertiary/aromatic N) is 5. The molecule has 0 radical (unpaired) electrons. The summed E-state index contributed by atoms with van der Waals surface area (Å²) in [5, 5.41) is 7.52. The van der Waals surface area contributed by atoms with Gasteiger partial charge in [-0.05, 0) is 74.4 Å². The van der Waals surface area contributed by atoms with E-state index in [4.69, 9.17) is 4.74 Å². The van der Waals surface area contributed by atoms with Crippen LogP contribution in [0, 0.1) is 13.8 Å². The van der Waals surface area contributed by atoms with E-state index in [1.165, 1.54) is 7.11 Å². The molecule has 37 heavy (non-hydrogen) atoms. The van der Waals surface area contributed by atoms with Crippen molar-refractivity contribution in [3.05, 3.63) is 95.7 Å². The molecule has 0 saturated carbocycles. The maximum Gasteiger partial charge on any atom is 0.305 e. The van der Waals surface area contributed by atoms with Crippen LogP contribution < -0.4 is 5.32 Å². The summed E-state index contributed by atoms with van der Waals surface area (Å²) >= 11 is 0. The molecule has 0 fully saturated rings. The van der Waals surface area contributed by atoms with E-state index in [1.54, 1.807) is 24.7 Å². The zero-order chi connectivity index (χ0) is 25.9. The van der Waals surface area contributed by atoms with E-state index in [2.05, 4.69) is 20.4 Å². The first-order valence-electron chi connectivity index (χ1n) is 11.9. The number of aryl methyl sites for hydroxylation is 1. The molecule has 3 aromatic heterocycles. The lowest BCUT2D eigenvalue weighted by Gasteiger charge is -2.09. The highest BCUT2D eigenvalue weighted by atomic mass is 16.5. The number of rotatable bonds is 7. The van der Waals surface area contributed by atoms with E-state index >= 15 is 0 Å². The SMILES string of the molecule is COC(=O)CCc1c(C)nn(-c2ccc(C(=O)Nc3ccc(-n4cnc5ccccc54)nc3)cc2)c1C. The number of aromatic nitrogens is 5. The van der Waals surface area contributed by atoms with Crippen molar-refractivity contribution in [2.45, 2.75) is 26.7 Å². The number of fused-ring (bicyclic) bond motifs is 1. The molecule has 0 unspecified atom stereocenters. The second-order valence-electron chi connectivity index (χ2n) is 8.65. The number of hydrogen-bond acceptors (Lipinski definition) is 6. The van der Waals surface area contributed by atoms with Crippen LogP contribution in [0.25, 0.3) is 22.5 Å². The first kappa shape index (κ1) is 23.9. The number of esters is 1. The fourth-order valence-corrected chi connectivity index (χ4v) is 4.32. The van der Waals surface area contributed by atoms with Crippen molar-refractivity contribution >= 4 is 28.6 Å². The number of benzene rings is 2. The van der Waals surface area contributed by atoms with Crippen molar-refractivity contribution in [1.82, 2.24) is 24.3 Å². The van der Waals surface area contributed by atoms with E-state index in [0.29, 0.717) is 29.9 Å². The minimum absolute atomic E-state index is 0.235. The highest BCUT2D eigenvalue weighted by Gasteiger charge is 2.15. The third-order valence-electron chi connectivity index (χ3n) is 6.33. The number of hydrogen-bond donors (Lipinski definition) is 1. The standard InChI is InChI=1S/C28H26N6O3/c1-18-23(13-15-27(35)37-3)19(2)34(32-18)22-11-8-20(9-12-22)28(36)31-21-10-14-26(29-16-21)33-17-30-24-6-4-5-7-25(24)33/h4-12,14,16-17H,13,15H2,1-3H3,(H,31,36). The van der Waals surface area contributed by atoms with Crippen LogP contribution in [-0.2, 0) is 16.0 Å². The lowest BCUT2D eigenvalue weighted by atomic mass is 10.1. The Balaban J connectivity index is 1.28. The molecule has 3 heterocycles. The smallest absolute Gasteiger partial charge is 0.305 e. The van der Waals surface area contributed by atoms with Crippen LogP contribution in [0.4, 0.5) is 5.69 Å². The summed E-state index contributed by atoms with van der Waals surface area (Å²) in [6.45, 7) is 3.89. The van der Waals surface area contributed by atoms with E-state index in [0.717, 1.165) is 33.7 Å². The number of nitrogens with one attached hydrogen (secondary N) is 1. The molecule has 0 saturated heterocycles. The summed E-state index contributed by atoms with van der Waals surface area (Å²) in [5.74, 6) is 0.232. The van der Waals surface area contributed by atoms with E-state index in [9.17, 15) is 9.59 Å². The largest absolute Gasteiger partial charge is 0.469 e.